The van der Waals surface area contributed by atoms with E-state index in [0.29, 0.717) is 39.1 Å². The first-order valence-corrected chi connectivity index (χ1v) is 12.0. The van der Waals surface area contributed by atoms with Gasteiger partial charge in [-0.05, 0) is 37.5 Å². The second kappa shape index (κ2) is 8.65. The molecule has 1 fully saturated rings. The summed E-state index contributed by atoms with van der Waals surface area (Å²) in [5.74, 6) is -0.182. The van der Waals surface area contributed by atoms with Gasteiger partial charge in [0.15, 0.2) is 0 Å². The summed E-state index contributed by atoms with van der Waals surface area (Å²) >= 11 is 8.22. The van der Waals surface area contributed by atoms with E-state index < -0.39 is 11.6 Å². The molecule has 0 spiro atoms. The summed E-state index contributed by atoms with van der Waals surface area (Å²) in [6, 6.07) is 5.21. The lowest BCUT2D eigenvalue weighted by Gasteiger charge is -2.29. The Bertz CT molecular complexity index is 1260. The van der Waals surface area contributed by atoms with Crippen LogP contribution in [-0.4, -0.2) is 41.6 Å². The molecule has 0 unspecified atom stereocenters. The molecule has 1 atom stereocenters. The molecule has 2 aliphatic heterocycles. The minimum atomic E-state index is -0.699. The van der Waals surface area contributed by atoms with Gasteiger partial charge in [-0.3, -0.25) is 4.57 Å². The molecule has 32 heavy (non-hydrogen) atoms. The maximum Gasteiger partial charge on any atom is 0.350 e. The molecular weight excluding hydrogens is 456 g/mol. The second-order valence-corrected chi connectivity index (χ2v) is 9.57. The number of aromatic nitrogens is 2. The Balaban J connectivity index is 1.84. The number of piperidine rings is 1. The van der Waals surface area contributed by atoms with Crippen LogP contribution in [0.25, 0.3) is 22.0 Å². The van der Waals surface area contributed by atoms with Crippen molar-refractivity contribution in [3.05, 3.63) is 51.4 Å². The number of ether oxygens (including phenoxy) is 1. The van der Waals surface area contributed by atoms with Crippen LogP contribution >= 0.6 is 23.4 Å². The van der Waals surface area contributed by atoms with Crippen molar-refractivity contribution in [1.82, 2.24) is 9.55 Å². The van der Waals surface area contributed by atoms with Gasteiger partial charge in [-0.15, -0.1) is 11.8 Å². The van der Waals surface area contributed by atoms with Crippen LogP contribution in [0.15, 0.2) is 34.0 Å². The quantitative estimate of drug-likeness (QED) is 0.525. The first kappa shape index (κ1) is 21.7. The van der Waals surface area contributed by atoms with E-state index in [-0.39, 0.29) is 17.4 Å². The number of thioether (sulfide) groups is 1. The van der Waals surface area contributed by atoms with Crippen LogP contribution in [0.5, 0.6) is 0 Å². The highest BCUT2D eigenvalue weighted by molar-refractivity contribution is 7.99. The molecule has 0 amide bonds. The van der Waals surface area contributed by atoms with Crippen LogP contribution in [0, 0.1) is 11.6 Å². The first-order chi connectivity index (χ1) is 15.5. The number of hydrogen-bond donors (Lipinski definition) is 0. The topological polar surface area (TPSA) is 47.4 Å². The minimum absolute atomic E-state index is 0.201. The van der Waals surface area contributed by atoms with Crippen molar-refractivity contribution in [1.29, 1.82) is 0 Å². The Morgan fingerprint density at radius 3 is 2.69 bits per heavy atom. The smallest absolute Gasteiger partial charge is 0.350 e. The Morgan fingerprint density at radius 1 is 1.19 bits per heavy atom. The molecule has 1 saturated heterocycles. The van der Waals surface area contributed by atoms with Gasteiger partial charge in [-0.2, -0.15) is 4.98 Å². The molecule has 0 saturated carbocycles. The van der Waals surface area contributed by atoms with Crippen molar-refractivity contribution in [3.8, 4) is 11.1 Å². The van der Waals surface area contributed by atoms with Gasteiger partial charge in [0.2, 0.25) is 0 Å². The van der Waals surface area contributed by atoms with Gasteiger partial charge in [-0.25, -0.2) is 13.6 Å². The number of methoxy groups -OCH3 is 1. The molecule has 1 aromatic heterocycles. The summed E-state index contributed by atoms with van der Waals surface area (Å²) in [4.78, 5) is 20.4. The van der Waals surface area contributed by atoms with Crippen molar-refractivity contribution >= 4 is 40.1 Å². The Labute approximate surface area is 193 Å². The number of hydrogen-bond acceptors (Lipinski definition) is 5. The lowest BCUT2D eigenvalue weighted by Crippen LogP contribution is -2.35. The fourth-order valence-electron chi connectivity index (χ4n) is 4.54. The summed E-state index contributed by atoms with van der Waals surface area (Å²) in [7, 11) is 1.60. The molecule has 3 aromatic rings. The van der Waals surface area contributed by atoms with E-state index >= 15 is 0 Å². The third kappa shape index (κ3) is 3.68. The Morgan fingerprint density at radius 2 is 1.97 bits per heavy atom. The van der Waals surface area contributed by atoms with E-state index in [4.69, 9.17) is 16.3 Å². The van der Waals surface area contributed by atoms with Crippen LogP contribution in [0.4, 0.5) is 14.6 Å². The summed E-state index contributed by atoms with van der Waals surface area (Å²) in [6.07, 6.45) is 3.00. The first-order valence-electron chi connectivity index (χ1n) is 10.6. The highest BCUT2D eigenvalue weighted by Gasteiger charge is 2.29. The van der Waals surface area contributed by atoms with E-state index in [1.54, 1.807) is 17.7 Å². The molecular formula is C23H22ClF2N3O2S. The lowest BCUT2D eigenvalue weighted by molar-refractivity contribution is 0.107. The van der Waals surface area contributed by atoms with Gasteiger partial charge in [0.1, 0.15) is 17.5 Å². The number of benzene rings is 2. The standard InChI is InChI=1S/C23H22ClF2N3O2S/c1-31-14-11-29-20-16(22(27-23(29)30)28-7-3-2-4-8-28)10-17(24)19(21(20)32-12-14)15-6-5-13(25)9-18(15)26/h5-6,9-10,14H,2-4,7-8,11-12H2,1H3/t14-/m1/s1. The van der Waals surface area contributed by atoms with Crippen molar-refractivity contribution < 1.29 is 13.5 Å². The van der Waals surface area contributed by atoms with Crippen molar-refractivity contribution in [3.63, 3.8) is 0 Å². The predicted molar refractivity (Wildman–Crippen MR) is 124 cm³/mol. The van der Waals surface area contributed by atoms with Gasteiger partial charge in [0.05, 0.1) is 23.2 Å². The van der Waals surface area contributed by atoms with E-state index in [1.807, 2.05) is 0 Å². The van der Waals surface area contributed by atoms with Crippen LogP contribution in [0.3, 0.4) is 0 Å². The average Bonchev–Trinajstić information content (AvgIpc) is 2.98. The second-order valence-electron chi connectivity index (χ2n) is 8.13. The maximum atomic E-state index is 14.8. The molecule has 2 aliphatic rings. The van der Waals surface area contributed by atoms with Crippen molar-refractivity contribution in [2.45, 2.75) is 36.8 Å². The van der Waals surface area contributed by atoms with E-state index in [9.17, 15) is 13.6 Å². The molecule has 3 heterocycles. The van der Waals surface area contributed by atoms with Gasteiger partial charge < -0.3 is 9.64 Å². The van der Waals surface area contributed by atoms with Crippen LogP contribution in [-0.2, 0) is 11.3 Å². The molecule has 0 bridgehead atoms. The molecule has 168 valence electrons. The highest BCUT2D eigenvalue weighted by Crippen LogP contribution is 2.46. The van der Waals surface area contributed by atoms with Gasteiger partial charge in [-0.1, -0.05) is 11.6 Å². The zero-order chi connectivity index (χ0) is 22.4. The molecule has 5 rings (SSSR count). The van der Waals surface area contributed by atoms with Gasteiger partial charge >= 0.3 is 5.69 Å². The largest absolute Gasteiger partial charge is 0.379 e. The predicted octanol–water partition coefficient (Wildman–Crippen LogP) is 5.11. The van der Waals surface area contributed by atoms with Gasteiger partial charge in [0.25, 0.3) is 0 Å². The van der Waals surface area contributed by atoms with E-state index in [2.05, 4.69) is 9.88 Å². The monoisotopic (exact) mass is 477 g/mol. The molecule has 0 N–H and O–H groups in total. The fraction of sp³-hybridized carbons (Fsp3) is 0.391. The zero-order valence-electron chi connectivity index (χ0n) is 17.5. The van der Waals surface area contributed by atoms with Crippen molar-refractivity contribution in [2.24, 2.45) is 0 Å². The van der Waals surface area contributed by atoms with Crippen LogP contribution < -0.4 is 10.6 Å². The number of halogens is 3. The SMILES string of the molecule is CO[C@H]1CSc2c(-c3ccc(F)cc3F)c(Cl)cc3c(N4CCCCC4)nc(=O)n(c23)C1. The summed E-state index contributed by atoms with van der Waals surface area (Å²) in [5.41, 5.74) is 0.976. The van der Waals surface area contributed by atoms with E-state index in [0.717, 1.165) is 43.8 Å². The fourth-order valence-corrected chi connectivity index (χ4v) is 6.21. The molecule has 0 radical (unpaired) electrons. The number of rotatable bonds is 3. The molecule has 9 heteroatoms. The molecule has 5 nitrogen and oxygen atoms in total. The number of nitrogens with zero attached hydrogens (tertiary/aromatic N) is 3. The Kier molecular flexibility index (Phi) is 5.86. The average molecular weight is 478 g/mol. The lowest BCUT2D eigenvalue weighted by atomic mass is 10.0. The third-order valence-corrected chi connectivity index (χ3v) is 7.66. The van der Waals surface area contributed by atoms with Crippen molar-refractivity contribution in [2.75, 3.05) is 30.9 Å². The van der Waals surface area contributed by atoms with Crippen LogP contribution in [0.2, 0.25) is 5.02 Å². The normalized spacial score (nSPS) is 18.8. The molecule has 2 aromatic carbocycles. The summed E-state index contributed by atoms with van der Waals surface area (Å²) < 4.78 is 35.6. The third-order valence-electron chi connectivity index (χ3n) is 6.14. The maximum absolute atomic E-state index is 14.8. The Hall–Kier alpha value is -2.16. The molecule has 0 aliphatic carbocycles. The summed E-state index contributed by atoms with van der Waals surface area (Å²) in [5, 5.41) is 1.11. The zero-order valence-corrected chi connectivity index (χ0v) is 19.1. The number of anilines is 1. The summed E-state index contributed by atoms with van der Waals surface area (Å²) in [6.45, 7) is 1.98. The van der Waals surface area contributed by atoms with Gasteiger partial charge in [0, 0.05) is 53.4 Å². The van der Waals surface area contributed by atoms with E-state index in [1.165, 1.54) is 23.9 Å². The highest BCUT2D eigenvalue weighted by atomic mass is 35.5. The minimum Gasteiger partial charge on any atom is -0.379 e. The van der Waals surface area contributed by atoms with Crippen LogP contribution in [0.1, 0.15) is 19.3 Å².